The fourth-order valence-electron chi connectivity index (χ4n) is 2.57. The molecule has 0 saturated heterocycles. The second-order valence-electron chi connectivity index (χ2n) is 6.59. The van der Waals surface area contributed by atoms with Crippen LogP contribution in [0.2, 0.25) is 5.02 Å². The van der Waals surface area contributed by atoms with Crippen LogP contribution in [0.25, 0.3) is 0 Å². The number of nitrogens with one attached hydrogen (secondary N) is 2. The molecule has 0 aromatic heterocycles. The molecule has 0 spiro atoms. The highest BCUT2D eigenvalue weighted by Gasteiger charge is 2.13. The Hall–Kier alpha value is -3.46. The van der Waals surface area contributed by atoms with Crippen molar-refractivity contribution in [1.82, 2.24) is 10.9 Å². The van der Waals surface area contributed by atoms with Crippen molar-refractivity contribution >= 4 is 29.4 Å². The van der Waals surface area contributed by atoms with Crippen molar-refractivity contribution in [3.8, 4) is 17.2 Å². The Bertz CT molecular complexity index is 965. The lowest BCUT2D eigenvalue weighted by atomic mass is 10.2. The molecule has 0 aliphatic rings. The van der Waals surface area contributed by atoms with Crippen LogP contribution in [0, 0.1) is 6.92 Å². The van der Waals surface area contributed by atoms with Crippen molar-refractivity contribution in [3.05, 3.63) is 52.5 Å². The number of halogens is 1. The third-order valence-electron chi connectivity index (χ3n) is 4.26. The fourth-order valence-corrected chi connectivity index (χ4v) is 2.80. The van der Waals surface area contributed by atoms with Gasteiger partial charge in [-0.15, -0.1) is 0 Å². The highest BCUT2D eigenvalue weighted by Crippen LogP contribution is 2.28. The van der Waals surface area contributed by atoms with E-state index < -0.39 is 11.9 Å². The maximum absolute atomic E-state index is 12.3. The molecule has 2 amide bonds. The van der Waals surface area contributed by atoms with E-state index in [9.17, 15) is 14.4 Å². The minimum Gasteiger partial charge on any atom is -0.493 e. The van der Waals surface area contributed by atoms with Crippen LogP contribution in [-0.2, 0) is 14.3 Å². The number of methoxy groups -OCH3 is 2. The minimum atomic E-state index is -0.551. The molecule has 0 radical (unpaired) electrons. The first-order valence-electron chi connectivity index (χ1n) is 9.69. The summed E-state index contributed by atoms with van der Waals surface area (Å²) in [7, 11) is 2.65. The van der Waals surface area contributed by atoms with Crippen LogP contribution in [0.15, 0.2) is 36.4 Å². The Morgan fingerprint density at radius 3 is 2.38 bits per heavy atom. The number of rotatable bonds is 10. The van der Waals surface area contributed by atoms with Crippen LogP contribution in [0.4, 0.5) is 0 Å². The summed E-state index contributed by atoms with van der Waals surface area (Å²) in [5.41, 5.74) is 5.83. The molecule has 0 heterocycles. The molecule has 0 atom stereocenters. The number of ether oxygens (including phenoxy) is 4. The van der Waals surface area contributed by atoms with Gasteiger partial charge in [0, 0.05) is 17.0 Å². The highest BCUT2D eigenvalue weighted by atomic mass is 35.5. The number of esters is 1. The number of hydrogen-bond acceptors (Lipinski definition) is 7. The van der Waals surface area contributed by atoms with Crippen molar-refractivity contribution in [1.29, 1.82) is 0 Å². The van der Waals surface area contributed by atoms with Crippen molar-refractivity contribution in [2.24, 2.45) is 0 Å². The van der Waals surface area contributed by atoms with Crippen LogP contribution >= 0.6 is 11.6 Å². The number of hydrazine groups is 1. The van der Waals surface area contributed by atoms with E-state index in [4.69, 9.17) is 25.8 Å². The molecule has 2 aromatic rings. The highest BCUT2D eigenvalue weighted by molar-refractivity contribution is 6.30. The maximum atomic E-state index is 12.3. The monoisotopic (exact) mass is 464 g/mol. The summed E-state index contributed by atoms with van der Waals surface area (Å²) in [6.45, 7) is 1.93. The lowest BCUT2D eigenvalue weighted by Gasteiger charge is -2.12. The summed E-state index contributed by atoms with van der Waals surface area (Å²) in [6, 6.07) is 9.69. The number of aryl methyl sites for hydroxylation is 1. The van der Waals surface area contributed by atoms with Crippen LogP contribution < -0.4 is 25.1 Å². The number of amides is 2. The van der Waals surface area contributed by atoms with Crippen LogP contribution in [-0.4, -0.2) is 45.2 Å². The molecular weight excluding hydrogens is 440 g/mol. The number of carbonyl (C=O) groups is 3. The molecule has 0 aliphatic carbocycles. The predicted molar refractivity (Wildman–Crippen MR) is 117 cm³/mol. The molecule has 0 bridgehead atoms. The molecule has 2 N–H and O–H groups in total. The van der Waals surface area contributed by atoms with Crippen molar-refractivity contribution in [3.63, 3.8) is 0 Å². The molecule has 10 heteroatoms. The molecule has 172 valence electrons. The Morgan fingerprint density at radius 2 is 1.69 bits per heavy atom. The molecule has 9 nitrogen and oxygen atoms in total. The van der Waals surface area contributed by atoms with Crippen molar-refractivity contribution in [2.45, 2.75) is 19.8 Å². The lowest BCUT2D eigenvalue weighted by molar-refractivity contribution is -0.142. The summed E-state index contributed by atoms with van der Waals surface area (Å²) in [6.07, 6.45) is 0.625. The molecule has 32 heavy (non-hydrogen) atoms. The van der Waals surface area contributed by atoms with E-state index >= 15 is 0 Å². The van der Waals surface area contributed by atoms with Crippen molar-refractivity contribution < 1.29 is 33.3 Å². The van der Waals surface area contributed by atoms with E-state index in [1.54, 1.807) is 18.2 Å². The van der Waals surface area contributed by atoms with Gasteiger partial charge in [0.1, 0.15) is 5.75 Å². The van der Waals surface area contributed by atoms with Gasteiger partial charge in [0.2, 0.25) is 5.91 Å². The average molecular weight is 465 g/mol. The van der Waals surface area contributed by atoms with E-state index in [1.165, 1.54) is 32.4 Å². The third-order valence-corrected chi connectivity index (χ3v) is 4.49. The smallest absolute Gasteiger partial charge is 0.343 e. The lowest BCUT2D eigenvalue weighted by Crippen LogP contribution is -2.41. The Labute approximate surface area is 190 Å². The molecule has 0 saturated carbocycles. The Morgan fingerprint density at radius 1 is 0.938 bits per heavy atom. The zero-order valence-electron chi connectivity index (χ0n) is 18.0. The van der Waals surface area contributed by atoms with Crippen LogP contribution in [0.3, 0.4) is 0 Å². The van der Waals surface area contributed by atoms with Crippen LogP contribution in [0.5, 0.6) is 17.2 Å². The topological polar surface area (TPSA) is 112 Å². The molecule has 0 unspecified atom stereocenters. The van der Waals surface area contributed by atoms with Gasteiger partial charge in [-0.2, -0.15) is 0 Å². The van der Waals surface area contributed by atoms with Gasteiger partial charge in [-0.1, -0.05) is 11.6 Å². The quantitative estimate of drug-likeness (QED) is 0.316. The number of hydrogen-bond donors (Lipinski definition) is 2. The second kappa shape index (κ2) is 12.4. The second-order valence-corrected chi connectivity index (χ2v) is 7.03. The van der Waals surface area contributed by atoms with Gasteiger partial charge in [-0.3, -0.25) is 20.4 Å². The molecular formula is C22H25ClN2O7. The zero-order valence-corrected chi connectivity index (χ0v) is 18.8. The minimum absolute atomic E-state index is 0.163. The summed E-state index contributed by atoms with van der Waals surface area (Å²) in [5.74, 6) is -0.220. The largest absolute Gasteiger partial charge is 0.493 e. The van der Waals surface area contributed by atoms with Crippen LogP contribution in [0.1, 0.15) is 28.8 Å². The van der Waals surface area contributed by atoms with E-state index in [0.717, 1.165) is 5.56 Å². The van der Waals surface area contributed by atoms with Gasteiger partial charge >= 0.3 is 5.97 Å². The number of carbonyl (C=O) groups excluding carboxylic acids is 3. The van der Waals surface area contributed by atoms with E-state index in [2.05, 4.69) is 15.6 Å². The van der Waals surface area contributed by atoms with Gasteiger partial charge in [0.05, 0.1) is 20.8 Å². The van der Waals surface area contributed by atoms with E-state index in [-0.39, 0.29) is 36.0 Å². The fraction of sp³-hybridized carbons (Fsp3) is 0.318. The first kappa shape index (κ1) is 24.8. The summed E-state index contributed by atoms with van der Waals surface area (Å²) >= 11 is 5.91. The molecule has 0 fully saturated rings. The van der Waals surface area contributed by atoms with Gasteiger partial charge in [-0.25, -0.2) is 4.79 Å². The molecule has 2 aromatic carbocycles. The predicted octanol–water partition coefficient (Wildman–Crippen LogP) is 2.83. The number of benzene rings is 2. The summed E-state index contributed by atoms with van der Waals surface area (Å²) < 4.78 is 20.6. The maximum Gasteiger partial charge on any atom is 0.343 e. The molecule has 0 aliphatic heterocycles. The first-order chi connectivity index (χ1) is 15.3. The van der Waals surface area contributed by atoms with E-state index in [0.29, 0.717) is 23.8 Å². The molecule has 2 rings (SSSR count). The van der Waals surface area contributed by atoms with E-state index in [1.807, 2.05) is 6.92 Å². The average Bonchev–Trinajstić information content (AvgIpc) is 2.79. The third kappa shape index (κ3) is 7.66. The van der Waals surface area contributed by atoms with Gasteiger partial charge in [-0.05, 0) is 55.3 Å². The zero-order chi connectivity index (χ0) is 23.5. The summed E-state index contributed by atoms with van der Waals surface area (Å²) in [5, 5.41) is 0.631. The Balaban J connectivity index is 1.77. The van der Waals surface area contributed by atoms with Crippen molar-refractivity contribution in [2.75, 3.05) is 27.4 Å². The van der Waals surface area contributed by atoms with Gasteiger partial charge in [0.15, 0.2) is 18.1 Å². The SMILES string of the molecule is COC(=O)COc1ccc(C(=O)NNC(=O)CCCOc2ccc(Cl)cc2C)cc1OC. The first-order valence-corrected chi connectivity index (χ1v) is 10.1. The normalized spacial score (nSPS) is 10.1. The van der Waals surface area contributed by atoms with Gasteiger partial charge < -0.3 is 18.9 Å². The van der Waals surface area contributed by atoms with Gasteiger partial charge in [0.25, 0.3) is 5.91 Å². The Kier molecular flexibility index (Phi) is 9.62. The standard InChI is InChI=1S/C22H25ClN2O7/c1-14-11-16(23)7-9-17(14)31-10-4-5-20(26)24-25-22(28)15-6-8-18(19(12-15)29-2)32-13-21(27)30-3/h6-9,11-12H,4-5,10,13H2,1-3H3,(H,24,26)(H,25,28). The summed E-state index contributed by atoms with van der Waals surface area (Å²) in [4.78, 5) is 35.5.